The number of nitrogens with two attached hydrogens (primary N) is 1. The summed E-state index contributed by atoms with van der Waals surface area (Å²) in [5.74, 6) is -1.45. The Morgan fingerprint density at radius 1 is 1.44 bits per heavy atom. The van der Waals surface area contributed by atoms with Gasteiger partial charge in [0.25, 0.3) is 0 Å². The molecule has 0 aromatic rings. The standard InChI is InChI=1S/C11H17NO4/c1-2-16-10(15)11(7-9(12)14)6-4-3-5-8(11)13/h2-7H2,1H3,(H2,12,14)/t11-/m1/s1. The number of Topliss-reactive ketones (excluding diaryl/α,β-unsaturated/α-hetero) is 1. The predicted molar refractivity (Wildman–Crippen MR) is 56.4 cm³/mol. The SMILES string of the molecule is CCOC(=O)[C@@]1(CC(N)=O)CCCCC1=O. The van der Waals surface area contributed by atoms with Crippen LogP contribution >= 0.6 is 0 Å². The molecule has 0 aromatic heterocycles. The molecule has 0 aromatic carbocycles. The zero-order valence-corrected chi connectivity index (χ0v) is 9.45. The molecule has 1 aliphatic rings. The quantitative estimate of drug-likeness (QED) is 0.561. The van der Waals surface area contributed by atoms with Crippen molar-refractivity contribution >= 4 is 17.7 Å². The fourth-order valence-corrected chi connectivity index (χ4v) is 2.13. The van der Waals surface area contributed by atoms with Gasteiger partial charge in [-0.1, -0.05) is 6.42 Å². The second-order valence-corrected chi connectivity index (χ2v) is 4.08. The first kappa shape index (κ1) is 12.7. The van der Waals surface area contributed by atoms with Crippen LogP contribution in [0.3, 0.4) is 0 Å². The number of hydrogen-bond donors (Lipinski definition) is 1. The molecule has 90 valence electrons. The lowest BCUT2D eigenvalue weighted by molar-refractivity contribution is -0.164. The predicted octanol–water partition coefficient (Wildman–Crippen LogP) is 0.554. The number of carbonyl (C=O) groups excluding carboxylic acids is 3. The van der Waals surface area contributed by atoms with E-state index in [9.17, 15) is 14.4 Å². The smallest absolute Gasteiger partial charge is 0.320 e. The first-order valence-electron chi connectivity index (χ1n) is 5.52. The molecule has 2 N–H and O–H groups in total. The summed E-state index contributed by atoms with van der Waals surface area (Å²) >= 11 is 0. The maximum atomic E-state index is 11.9. The third-order valence-corrected chi connectivity index (χ3v) is 2.93. The number of rotatable bonds is 4. The number of ether oxygens (including phenoxy) is 1. The average Bonchev–Trinajstić information content (AvgIpc) is 2.21. The Hall–Kier alpha value is -1.39. The highest BCUT2D eigenvalue weighted by molar-refractivity contribution is 6.07. The molecule has 0 saturated heterocycles. The summed E-state index contributed by atoms with van der Waals surface area (Å²) in [4.78, 5) is 34.7. The van der Waals surface area contributed by atoms with Crippen LogP contribution in [0.1, 0.15) is 39.0 Å². The minimum absolute atomic E-state index is 0.201. The maximum absolute atomic E-state index is 11.9. The third kappa shape index (κ3) is 2.40. The first-order valence-corrected chi connectivity index (χ1v) is 5.52. The van der Waals surface area contributed by atoms with Crippen molar-refractivity contribution in [2.24, 2.45) is 11.1 Å². The molecule has 0 unspecified atom stereocenters. The topological polar surface area (TPSA) is 86.5 Å². The van der Waals surface area contributed by atoms with Crippen LogP contribution in [0.5, 0.6) is 0 Å². The average molecular weight is 227 g/mol. The van der Waals surface area contributed by atoms with Gasteiger partial charge in [-0.05, 0) is 19.8 Å². The molecule has 5 heteroatoms. The molecule has 1 atom stereocenters. The monoisotopic (exact) mass is 227 g/mol. The van der Waals surface area contributed by atoms with Crippen LogP contribution in [0.4, 0.5) is 0 Å². The van der Waals surface area contributed by atoms with Crippen LogP contribution in [0.25, 0.3) is 0 Å². The fraction of sp³-hybridized carbons (Fsp3) is 0.727. The molecule has 5 nitrogen and oxygen atoms in total. The normalized spacial score (nSPS) is 25.2. The zero-order valence-electron chi connectivity index (χ0n) is 9.45. The molecule has 0 bridgehead atoms. The molecule has 1 aliphatic carbocycles. The van der Waals surface area contributed by atoms with Crippen molar-refractivity contribution in [2.45, 2.75) is 39.0 Å². The lowest BCUT2D eigenvalue weighted by Gasteiger charge is -2.32. The largest absolute Gasteiger partial charge is 0.465 e. The fourth-order valence-electron chi connectivity index (χ4n) is 2.13. The number of carbonyl (C=O) groups is 3. The number of hydrogen-bond acceptors (Lipinski definition) is 4. The molecule has 0 radical (unpaired) electrons. The second kappa shape index (κ2) is 5.09. The van der Waals surface area contributed by atoms with Gasteiger partial charge in [0.2, 0.25) is 5.91 Å². The minimum Gasteiger partial charge on any atom is -0.465 e. The van der Waals surface area contributed by atoms with Crippen LogP contribution in [0.2, 0.25) is 0 Å². The summed E-state index contributed by atoms with van der Waals surface area (Å²) < 4.78 is 4.89. The highest BCUT2D eigenvalue weighted by atomic mass is 16.5. The molecule has 0 heterocycles. The van der Waals surface area contributed by atoms with E-state index in [-0.39, 0.29) is 18.8 Å². The summed E-state index contributed by atoms with van der Waals surface area (Å²) in [6.07, 6.45) is 1.97. The molecular weight excluding hydrogens is 210 g/mol. The van der Waals surface area contributed by atoms with Gasteiger partial charge in [0, 0.05) is 12.8 Å². The van der Waals surface area contributed by atoms with E-state index in [2.05, 4.69) is 0 Å². The van der Waals surface area contributed by atoms with Gasteiger partial charge < -0.3 is 10.5 Å². The van der Waals surface area contributed by atoms with E-state index in [4.69, 9.17) is 10.5 Å². The molecule has 16 heavy (non-hydrogen) atoms. The maximum Gasteiger partial charge on any atom is 0.320 e. The van der Waals surface area contributed by atoms with Crippen molar-refractivity contribution in [1.82, 2.24) is 0 Å². The van der Waals surface area contributed by atoms with Crippen molar-refractivity contribution in [3.05, 3.63) is 0 Å². The first-order chi connectivity index (χ1) is 7.53. The van der Waals surface area contributed by atoms with E-state index in [0.29, 0.717) is 12.8 Å². The van der Waals surface area contributed by atoms with Gasteiger partial charge >= 0.3 is 5.97 Å². The highest BCUT2D eigenvalue weighted by Gasteiger charge is 2.48. The summed E-state index contributed by atoms with van der Waals surface area (Å²) in [5, 5.41) is 0. The van der Waals surface area contributed by atoms with Gasteiger partial charge in [0.1, 0.15) is 5.41 Å². The van der Waals surface area contributed by atoms with Gasteiger partial charge in [0.05, 0.1) is 6.61 Å². The van der Waals surface area contributed by atoms with Gasteiger partial charge in [-0.15, -0.1) is 0 Å². The van der Waals surface area contributed by atoms with Crippen molar-refractivity contribution in [2.75, 3.05) is 6.61 Å². The van der Waals surface area contributed by atoms with E-state index in [1.54, 1.807) is 6.92 Å². The van der Waals surface area contributed by atoms with Crippen LogP contribution in [0, 0.1) is 5.41 Å². The van der Waals surface area contributed by atoms with E-state index in [0.717, 1.165) is 12.8 Å². The molecule has 1 rings (SSSR count). The molecule has 1 fully saturated rings. The summed E-state index contributed by atoms with van der Waals surface area (Å²) in [7, 11) is 0. The van der Waals surface area contributed by atoms with Crippen molar-refractivity contribution in [3.8, 4) is 0 Å². The number of amides is 1. The Kier molecular flexibility index (Phi) is 4.04. The lowest BCUT2D eigenvalue weighted by atomic mass is 9.70. The second-order valence-electron chi connectivity index (χ2n) is 4.08. The Balaban J connectivity index is 2.94. The number of esters is 1. The number of ketones is 1. The summed E-state index contributed by atoms with van der Waals surface area (Å²) in [6, 6.07) is 0. The Labute approximate surface area is 94.3 Å². The highest BCUT2D eigenvalue weighted by Crippen LogP contribution is 2.37. The summed E-state index contributed by atoms with van der Waals surface area (Å²) in [6.45, 7) is 1.87. The summed E-state index contributed by atoms with van der Waals surface area (Å²) in [5.41, 5.74) is 3.80. The van der Waals surface area contributed by atoms with E-state index in [1.807, 2.05) is 0 Å². The molecule has 0 aliphatic heterocycles. The lowest BCUT2D eigenvalue weighted by Crippen LogP contribution is -2.45. The van der Waals surface area contributed by atoms with Crippen LogP contribution in [-0.2, 0) is 19.1 Å². The molecule has 1 saturated carbocycles. The van der Waals surface area contributed by atoms with Gasteiger partial charge in [0.15, 0.2) is 5.78 Å². The van der Waals surface area contributed by atoms with Crippen molar-refractivity contribution in [3.63, 3.8) is 0 Å². The van der Waals surface area contributed by atoms with Gasteiger partial charge in [-0.25, -0.2) is 0 Å². The van der Waals surface area contributed by atoms with E-state index >= 15 is 0 Å². The Bertz CT molecular complexity index is 313. The van der Waals surface area contributed by atoms with Crippen LogP contribution < -0.4 is 5.73 Å². The van der Waals surface area contributed by atoms with E-state index in [1.165, 1.54) is 0 Å². The van der Waals surface area contributed by atoms with Crippen molar-refractivity contribution in [1.29, 1.82) is 0 Å². The molecular formula is C11H17NO4. The Morgan fingerprint density at radius 2 is 2.12 bits per heavy atom. The van der Waals surface area contributed by atoms with Gasteiger partial charge in [-0.3, -0.25) is 14.4 Å². The minimum atomic E-state index is -1.31. The van der Waals surface area contributed by atoms with Crippen LogP contribution in [-0.4, -0.2) is 24.3 Å². The third-order valence-electron chi connectivity index (χ3n) is 2.93. The van der Waals surface area contributed by atoms with Gasteiger partial charge in [-0.2, -0.15) is 0 Å². The number of primary amides is 1. The van der Waals surface area contributed by atoms with E-state index < -0.39 is 17.3 Å². The molecule has 0 spiro atoms. The zero-order chi connectivity index (χ0) is 12.2. The van der Waals surface area contributed by atoms with Crippen molar-refractivity contribution < 1.29 is 19.1 Å². The molecule has 1 amide bonds. The Morgan fingerprint density at radius 3 is 2.62 bits per heavy atom. The van der Waals surface area contributed by atoms with Crippen LogP contribution in [0.15, 0.2) is 0 Å².